The fourth-order valence-electron chi connectivity index (χ4n) is 5.95. The van der Waals surface area contributed by atoms with Gasteiger partial charge in [0.2, 0.25) is 0 Å². The van der Waals surface area contributed by atoms with Crippen LogP contribution < -0.4 is 0 Å². The molecule has 2 aliphatic carbocycles. The number of rotatable bonds is 12. The molecule has 5 atom stereocenters. The Morgan fingerprint density at radius 2 is 1.84 bits per heavy atom. The maximum Gasteiger partial charge on any atom is 0.303 e. The zero-order valence-corrected chi connectivity index (χ0v) is 19.6. The van der Waals surface area contributed by atoms with Crippen molar-refractivity contribution >= 4 is 17.6 Å². The molecule has 174 valence electrons. The lowest BCUT2D eigenvalue weighted by Crippen LogP contribution is -2.36. The molecule has 3 rings (SSSR count). The second-order valence-corrected chi connectivity index (χ2v) is 10.5. The number of carboxylic acid groups (broad SMARTS) is 1. The van der Waals surface area contributed by atoms with E-state index in [0.717, 1.165) is 68.9 Å². The first-order chi connectivity index (χ1) is 14.9. The van der Waals surface area contributed by atoms with Crippen molar-refractivity contribution in [3.05, 3.63) is 35.4 Å². The molecule has 5 heteroatoms. The van der Waals surface area contributed by atoms with Crippen LogP contribution in [0.25, 0.3) is 0 Å². The average Bonchev–Trinajstić information content (AvgIpc) is 2.99. The van der Waals surface area contributed by atoms with Crippen LogP contribution in [0.2, 0.25) is 0 Å². The summed E-state index contributed by atoms with van der Waals surface area (Å²) in [4.78, 5) is 10.6. The number of aliphatic hydroxyl groups excluding tert-OH is 2. The summed E-state index contributed by atoms with van der Waals surface area (Å²) in [6.07, 6.45) is 10.2. The highest BCUT2D eigenvalue weighted by atomic mass is 35.5. The molecule has 31 heavy (non-hydrogen) atoms. The predicted molar refractivity (Wildman–Crippen MR) is 124 cm³/mol. The van der Waals surface area contributed by atoms with Crippen LogP contribution in [0, 0.1) is 11.3 Å². The van der Waals surface area contributed by atoms with Crippen LogP contribution in [0.4, 0.5) is 0 Å². The third-order valence-electron chi connectivity index (χ3n) is 7.80. The van der Waals surface area contributed by atoms with Crippen LogP contribution in [0.5, 0.6) is 0 Å². The summed E-state index contributed by atoms with van der Waals surface area (Å²) in [7, 11) is 0. The molecule has 4 nitrogen and oxygen atoms in total. The number of aliphatic carboxylic acids is 1. The van der Waals surface area contributed by atoms with Gasteiger partial charge in [-0.15, -0.1) is 11.6 Å². The van der Waals surface area contributed by atoms with Gasteiger partial charge in [0.1, 0.15) is 0 Å². The van der Waals surface area contributed by atoms with Gasteiger partial charge in [-0.3, -0.25) is 4.79 Å². The van der Waals surface area contributed by atoms with E-state index in [1.165, 1.54) is 6.42 Å². The van der Waals surface area contributed by atoms with Gasteiger partial charge in [-0.05, 0) is 55.6 Å². The molecule has 0 aromatic heterocycles. The van der Waals surface area contributed by atoms with Crippen molar-refractivity contribution in [2.24, 2.45) is 11.3 Å². The number of unbranched alkanes of at least 4 members (excludes halogenated alkanes) is 3. The molecule has 0 saturated heterocycles. The zero-order valence-electron chi connectivity index (χ0n) is 18.8. The molecule has 0 radical (unpaired) electrons. The van der Waals surface area contributed by atoms with Crippen LogP contribution in [-0.2, 0) is 4.79 Å². The lowest BCUT2D eigenvalue weighted by molar-refractivity contribution is -0.137. The van der Waals surface area contributed by atoms with E-state index in [9.17, 15) is 15.0 Å². The molecule has 1 unspecified atom stereocenters. The van der Waals surface area contributed by atoms with Gasteiger partial charge in [0.05, 0.1) is 12.2 Å². The number of carbonyl (C=O) groups is 1. The van der Waals surface area contributed by atoms with Gasteiger partial charge >= 0.3 is 5.97 Å². The molecule has 2 saturated carbocycles. The molecule has 0 amide bonds. The number of aliphatic hydroxyl groups is 2. The Bertz CT molecular complexity index is 700. The summed E-state index contributed by atoms with van der Waals surface area (Å²) < 4.78 is 0. The van der Waals surface area contributed by atoms with E-state index in [1.807, 2.05) is 12.1 Å². The van der Waals surface area contributed by atoms with Crippen molar-refractivity contribution in [2.75, 3.05) is 0 Å². The predicted octanol–water partition coefficient (Wildman–Crippen LogP) is 6.19. The second-order valence-electron chi connectivity index (χ2n) is 9.89. The van der Waals surface area contributed by atoms with E-state index in [-0.39, 0.29) is 29.0 Å². The van der Waals surface area contributed by atoms with Crippen molar-refractivity contribution in [3.63, 3.8) is 0 Å². The van der Waals surface area contributed by atoms with Crippen molar-refractivity contribution in [3.8, 4) is 0 Å². The van der Waals surface area contributed by atoms with Gasteiger partial charge < -0.3 is 15.3 Å². The van der Waals surface area contributed by atoms with Crippen molar-refractivity contribution < 1.29 is 20.1 Å². The molecule has 1 aromatic rings. The zero-order chi connectivity index (χ0) is 22.4. The van der Waals surface area contributed by atoms with E-state index >= 15 is 0 Å². The molecule has 0 spiro atoms. The number of carboxylic acids is 1. The highest BCUT2D eigenvalue weighted by Gasteiger charge is 2.44. The Balaban J connectivity index is 1.60. The van der Waals surface area contributed by atoms with Crippen LogP contribution in [0.1, 0.15) is 107 Å². The molecule has 0 heterocycles. The summed E-state index contributed by atoms with van der Waals surface area (Å²) in [5, 5.41) is 30.5. The number of hydrogen-bond donors (Lipinski definition) is 3. The highest BCUT2D eigenvalue weighted by Crippen LogP contribution is 2.53. The Labute approximate surface area is 192 Å². The van der Waals surface area contributed by atoms with Crippen LogP contribution in [-0.4, -0.2) is 32.8 Å². The van der Waals surface area contributed by atoms with Gasteiger partial charge in [0, 0.05) is 23.1 Å². The summed E-state index contributed by atoms with van der Waals surface area (Å²) in [5.41, 5.74) is 2.15. The van der Waals surface area contributed by atoms with E-state index < -0.39 is 18.2 Å². The first kappa shape index (κ1) is 24.5. The van der Waals surface area contributed by atoms with Gasteiger partial charge in [-0.2, -0.15) is 0 Å². The van der Waals surface area contributed by atoms with Gasteiger partial charge in [-0.25, -0.2) is 0 Å². The smallest absolute Gasteiger partial charge is 0.303 e. The lowest BCUT2D eigenvalue weighted by Gasteiger charge is -2.46. The Kier molecular flexibility index (Phi) is 8.83. The van der Waals surface area contributed by atoms with E-state index in [4.69, 9.17) is 16.7 Å². The summed E-state index contributed by atoms with van der Waals surface area (Å²) in [5.74, 6) is -0.475. The Morgan fingerprint density at radius 1 is 1.16 bits per heavy atom. The average molecular weight is 451 g/mol. The maximum absolute atomic E-state index is 11.0. The van der Waals surface area contributed by atoms with Gasteiger partial charge in [-0.1, -0.05) is 63.3 Å². The van der Waals surface area contributed by atoms with Gasteiger partial charge in [0.15, 0.2) is 0 Å². The first-order valence-corrected chi connectivity index (χ1v) is 12.6. The SMILES string of the molecule is CCCC1(C(O)c2ccc([C@@H]3[C@@H](CCCCCCC(=O)O)[C@H](Cl)C[C@H]3O)cc2)CCC1. The second kappa shape index (κ2) is 11.2. The summed E-state index contributed by atoms with van der Waals surface area (Å²) in [6, 6.07) is 8.26. The standard InChI is InChI=1S/C26H39ClO4/c1-2-14-26(15-7-16-26)25(31)19-12-10-18(11-13-19)24-20(21(27)17-22(24)28)8-5-3-4-6-9-23(29)30/h10-13,20-22,24-25,28,31H,2-9,14-17H2,1H3,(H,29,30)/t20-,21+,22+,24+,25?/m0/s1. The number of alkyl halides is 1. The molecular weight excluding hydrogens is 412 g/mol. The van der Waals surface area contributed by atoms with E-state index in [0.29, 0.717) is 6.42 Å². The largest absolute Gasteiger partial charge is 0.481 e. The number of hydrogen-bond acceptors (Lipinski definition) is 3. The third-order valence-corrected chi connectivity index (χ3v) is 8.30. The Morgan fingerprint density at radius 3 is 2.42 bits per heavy atom. The summed E-state index contributed by atoms with van der Waals surface area (Å²) in [6.45, 7) is 2.19. The molecule has 1 aromatic carbocycles. The minimum atomic E-state index is -0.730. The molecule has 2 aliphatic rings. The normalized spacial score (nSPS) is 28.3. The highest BCUT2D eigenvalue weighted by molar-refractivity contribution is 6.21. The first-order valence-electron chi connectivity index (χ1n) is 12.2. The van der Waals surface area contributed by atoms with E-state index in [1.54, 1.807) is 0 Å². The monoisotopic (exact) mass is 450 g/mol. The van der Waals surface area contributed by atoms with Crippen molar-refractivity contribution in [2.45, 2.75) is 107 Å². The maximum atomic E-state index is 11.0. The summed E-state index contributed by atoms with van der Waals surface area (Å²) >= 11 is 6.62. The Hall–Kier alpha value is -1.10. The quantitative estimate of drug-likeness (QED) is 0.262. The van der Waals surface area contributed by atoms with Crippen LogP contribution in [0.15, 0.2) is 24.3 Å². The number of halogens is 1. The van der Waals surface area contributed by atoms with Gasteiger partial charge in [0.25, 0.3) is 0 Å². The van der Waals surface area contributed by atoms with Crippen LogP contribution >= 0.6 is 11.6 Å². The fraction of sp³-hybridized carbons (Fsp3) is 0.731. The number of benzene rings is 1. The molecule has 0 bridgehead atoms. The van der Waals surface area contributed by atoms with Crippen LogP contribution in [0.3, 0.4) is 0 Å². The van der Waals surface area contributed by atoms with E-state index in [2.05, 4.69) is 19.1 Å². The molecule has 0 aliphatic heterocycles. The van der Waals surface area contributed by atoms with Crippen molar-refractivity contribution in [1.82, 2.24) is 0 Å². The third kappa shape index (κ3) is 5.83. The van der Waals surface area contributed by atoms with Crippen molar-refractivity contribution in [1.29, 1.82) is 0 Å². The lowest BCUT2D eigenvalue weighted by atomic mass is 9.61. The minimum absolute atomic E-state index is 0.0287. The molecule has 3 N–H and O–H groups in total. The topological polar surface area (TPSA) is 77.8 Å². The fourth-order valence-corrected chi connectivity index (χ4v) is 6.41. The minimum Gasteiger partial charge on any atom is -0.481 e. The molecular formula is C26H39ClO4. The molecule has 2 fully saturated rings.